The van der Waals surface area contributed by atoms with Crippen LogP contribution in [0.4, 0.5) is 5.69 Å². The van der Waals surface area contributed by atoms with E-state index in [2.05, 4.69) is 30.0 Å². The number of hydrogen-bond acceptors (Lipinski definition) is 6. The van der Waals surface area contributed by atoms with Crippen LogP contribution in [0.1, 0.15) is 29.0 Å². The molecule has 1 saturated heterocycles. The second-order valence-electron chi connectivity index (χ2n) is 8.83. The van der Waals surface area contributed by atoms with Crippen LogP contribution in [0.5, 0.6) is 11.5 Å². The van der Waals surface area contributed by atoms with Gasteiger partial charge in [-0.3, -0.25) is 9.69 Å². The Labute approximate surface area is 215 Å². The van der Waals surface area contributed by atoms with Crippen molar-refractivity contribution in [3.63, 3.8) is 0 Å². The number of carbonyl (C=O) groups is 1. The number of fused-ring (bicyclic) bond motifs is 1. The number of thioether (sulfide) groups is 1. The number of anilines is 1. The highest BCUT2D eigenvalue weighted by molar-refractivity contribution is 8.03. The lowest BCUT2D eigenvalue weighted by molar-refractivity contribution is -0.129. The Balaban J connectivity index is 1.40. The summed E-state index contributed by atoms with van der Waals surface area (Å²) in [5.41, 5.74) is 4.83. The largest absolute Gasteiger partial charge is 0.493 e. The van der Waals surface area contributed by atoms with E-state index in [0.29, 0.717) is 36.2 Å². The summed E-state index contributed by atoms with van der Waals surface area (Å²) in [6.07, 6.45) is 0.238. The second-order valence-corrected chi connectivity index (χ2v) is 9.77. The average Bonchev–Trinajstić information content (AvgIpc) is 2.92. The minimum atomic E-state index is -0.316. The van der Waals surface area contributed by atoms with Crippen molar-refractivity contribution in [3.8, 4) is 17.6 Å². The molecule has 1 amide bonds. The molecule has 0 spiro atoms. The third-order valence-corrected chi connectivity index (χ3v) is 7.73. The van der Waals surface area contributed by atoms with Crippen molar-refractivity contribution in [1.29, 1.82) is 5.26 Å². The molecule has 3 aromatic rings. The van der Waals surface area contributed by atoms with Gasteiger partial charge in [-0.2, -0.15) is 5.26 Å². The number of allylic oxidation sites excluding steroid dienone is 1. The molecule has 0 radical (unpaired) electrons. The molecule has 2 aliphatic heterocycles. The van der Waals surface area contributed by atoms with Crippen LogP contribution in [0.3, 0.4) is 0 Å². The molecule has 0 aromatic heterocycles. The van der Waals surface area contributed by atoms with Crippen LogP contribution in [-0.2, 0) is 11.4 Å². The van der Waals surface area contributed by atoms with Gasteiger partial charge in [-0.15, -0.1) is 0 Å². The van der Waals surface area contributed by atoms with E-state index in [-0.39, 0.29) is 18.2 Å². The Kier molecular flexibility index (Phi) is 6.88. The van der Waals surface area contributed by atoms with E-state index in [9.17, 15) is 10.1 Å². The van der Waals surface area contributed by atoms with Gasteiger partial charge in [0.25, 0.3) is 0 Å². The monoisotopic (exact) mass is 497 g/mol. The highest BCUT2D eigenvalue weighted by Crippen LogP contribution is 2.45. The minimum absolute atomic E-state index is 0.0168. The normalized spacial score (nSPS) is 17.5. The molecule has 2 heterocycles. The topological polar surface area (TPSA) is 65.8 Å². The van der Waals surface area contributed by atoms with Gasteiger partial charge in [-0.1, -0.05) is 66.4 Å². The van der Waals surface area contributed by atoms with Gasteiger partial charge in [0.2, 0.25) is 5.91 Å². The summed E-state index contributed by atoms with van der Waals surface area (Å²) >= 11 is 1.54. The molecule has 2 aliphatic rings. The molecule has 5 rings (SSSR count). The number of nitriles is 1. The van der Waals surface area contributed by atoms with Crippen molar-refractivity contribution in [3.05, 3.63) is 100 Å². The zero-order chi connectivity index (χ0) is 25.1. The molecule has 6 nitrogen and oxygen atoms in total. The lowest BCUT2D eigenvalue weighted by atomic mass is 9.86. The van der Waals surface area contributed by atoms with Crippen molar-refractivity contribution in [2.75, 3.05) is 24.6 Å². The van der Waals surface area contributed by atoms with Crippen molar-refractivity contribution in [2.24, 2.45) is 0 Å². The van der Waals surface area contributed by atoms with Gasteiger partial charge >= 0.3 is 0 Å². The third kappa shape index (κ3) is 4.65. The van der Waals surface area contributed by atoms with Crippen LogP contribution in [-0.4, -0.2) is 30.5 Å². The fourth-order valence-corrected chi connectivity index (χ4v) is 5.83. The molecule has 36 heavy (non-hydrogen) atoms. The molecule has 0 saturated carbocycles. The van der Waals surface area contributed by atoms with E-state index in [1.807, 2.05) is 60.7 Å². The predicted molar refractivity (Wildman–Crippen MR) is 142 cm³/mol. The Morgan fingerprint density at radius 3 is 2.58 bits per heavy atom. The fourth-order valence-electron chi connectivity index (χ4n) is 4.67. The number of para-hydroxylation sites is 1. The Bertz CT molecular complexity index is 1350. The van der Waals surface area contributed by atoms with Crippen molar-refractivity contribution < 1.29 is 14.3 Å². The van der Waals surface area contributed by atoms with Gasteiger partial charge in [0.1, 0.15) is 6.61 Å². The number of nitrogens with zero attached hydrogens (tertiary/aromatic N) is 3. The molecule has 3 aromatic carbocycles. The molecule has 0 unspecified atom stereocenters. The number of hydrogen-bond donors (Lipinski definition) is 0. The average molecular weight is 498 g/mol. The van der Waals surface area contributed by atoms with Crippen LogP contribution < -0.4 is 14.4 Å². The maximum absolute atomic E-state index is 13.3. The molecule has 182 valence electrons. The third-order valence-electron chi connectivity index (χ3n) is 6.58. The Morgan fingerprint density at radius 2 is 1.83 bits per heavy atom. The molecule has 1 atom stereocenters. The highest BCUT2D eigenvalue weighted by atomic mass is 32.2. The quantitative estimate of drug-likeness (QED) is 0.429. The minimum Gasteiger partial charge on any atom is -0.493 e. The molecule has 1 fully saturated rings. The first-order valence-electron chi connectivity index (χ1n) is 11.8. The van der Waals surface area contributed by atoms with Gasteiger partial charge in [-0.25, -0.2) is 0 Å². The summed E-state index contributed by atoms with van der Waals surface area (Å²) < 4.78 is 11.6. The van der Waals surface area contributed by atoms with Crippen LogP contribution in [0.15, 0.2) is 83.4 Å². The molecule has 0 aliphatic carbocycles. The number of rotatable bonds is 6. The second kappa shape index (κ2) is 10.4. The Morgan fingerprint density at radius 1 is 1.06 bits per heavy atom. The lowest BCUT2D eigenvalue weighted by Crippen LogP contribution is -2.47. The maximum Gasteiger partial charge on any atom is 0.229 e. The van der Waals surface area contributed by atoms with E-state index < -0.39 is 0 Å². The van der Waals surface area contributed by atoms with Gasteiger partial charge in [0.05, 0.1) is 36.3 Å². The van der Waals surface area contributed by atoms with E-state index in [0.717, 1.165) is 27.4 Å². The lowest BCUT2D eigenvalue weighted by Gasteiger charge is -2.42. The van der Waals surface area contributed by atoms with Crippen molar-refractivity contribution in [1.82, 2.24) is 4.90 Å². The number of benzene rings is 3. The van der Waals surface area contributed by atoms with E-state index >= 15 is 0 Å². The first kappa shape index (κ1) is 23.8. The van der Waals surface area contributed by atoms with Crippen LogP contribution in [0.2, 0.25) is 0 Å². The fraction of sp³-hybridized carbons (Fsp3) is 0.241. The predicted octanol–water partition coefficient (Wildman–Crippen LogP) is 5.80. The standard InChI is InChI=1S/C29H27N3O3S/c1-20-8-6-7-11-25(20)31-18-32-28(33)15-23(24(16-30)29(32)36-19-31)22-12-13-26(27(14-22)34-2)35-17-21-9-4-3-5-10-21/h3-14,23H,15,17-19H2,1-2H3/t23-/m0/s1. The number of ether oxygens (including phenoxy) is 2. The molecule has 0 N–H and O–H groups in total. The number of methoxy groups -OCH3 is 1. The van der Waals surface area contributed by atoms with Gasteiger partial charge < -0.3 is 14.4 Å². The first-order valence-corrected chi connectivity index (χ1v) is 12.8. The van der Waals surface area contributed by atoms with Gasteiger partial charge in [0, 0.05) is 18.0 Å². The molecule has 7 heteroatoms. The summed E-state index contributed by atoms with van der Waals surface area (Å²) in [6.45, 7) is 2.94. The zero-order valence-electron chi connectivity index (χ0n) is 20.3. The molecular formula is C29H27N3O3S. The summed E-state index contributed by atoms with van der Waals surface area (Å²) in [5, 5.41) is 10.9. The van der Waals surface area contributed by atoms with Crippen LogP contribution in [0, 0.1) is 18.3 Å². The summed E-state index contributed by atoms with van der Waals surface area (Å²) in [6, 6.07) is 26.2. The smallest absolute Gasteiger partial charge is 0.229 e. The zero-order valence-corrected chi connectivity index (χ0v) is 21.1. The molecule has 0 bridgehead atoms. The Hall–Kier alpha value is -3.89. The van der Waals surface area contributed by atoms with E-state index in [4.69, 9.17) is 9.47 Å². The highest BCUT2D eigenvalue weighted by Gasteiger charge is 2.38. The van der Waals surface area contributed by atoms with Gasteiger partial charge in [-0.05, 0) is 41.8 Å². The number of aryl methyl sites for hydroxylation is 1. The number of carbonyl (C=O) groups excluding carboxylic acids is 1. The van der Waals surface area contributed by atoms with Crippen molar-refractivity contribution >= 4 is 23.4 Å². The number of amides is 1. The van der Waals surface area contributed by atoms with Crippen LogP contribution in [0.25, 0.3) is 0 Å². The van der Waals surface area contributed by atoms with Gasteiger partial charge in [0.15, 0.2) is 11.5 Å². The van der Waals surface area contributed by atoms with E-state index in [1.54, 1.807) is 23.8 Å². The summed E-state index contributed by atoms with van der Waals surface area (Å²) in [7, 11) is 1.60. The van der Waals surface area contributed by atoms with Crippen LogP contribution >= 0.6 is 11.8 Å². The first-order chi connectivity index (χ1) is 17.6. The van der Waals surface area contributed by atoms with Crippen molar-refractivity contribution in [2.45, 2.75) is 25.9 Å². The molecular weight excluding hydrogens is 470 g/mol. The summed E-state index contributed by atoms with van der Waals surface area (Å²) in [5.74, 6) is 1.59. The summed E-state index contributed by atoms with van der Waals surface area (Å²) in [4.78, 5) is 17.2. The maximum atomic E-state index is 13.3. The van der Waals surface area contributed by atoms with E-state index in [1.165, 1.54) is 0 Å². The SMILES string of the molecule is COc1cc([C@@H]2CC(=O)N3CN(c4ccccc4C)CSC3=C2C#N)ccc1OCc1ccccc1.